The van der Waals surface area contributed by atoms with E-state index in [2.05, 4.69) is 10.1 Å². The normalized spacial score (nSPS) is 9.56. The molecule has 0 aliphatic rings. The van der Waals surface area contributed by atoms with Gasteiger partial charge in [-0.05, 0) is 6.92 Å². The number of primary amides is 1. The predicted molar refractivity (Wildman–Crippen MR) is 60.8 cm³/mol. The fourth-order valence-corrected chi connectivity index (χ4v) is 1.48. The molecule has 0 radical (unpaired) electrons. The standard InChI is InChI=1S/C9H16N2O4S/c1-2-15-9(14)5-11-8(13)3-4-16-6-7(10)12/h2-6H2,1H3,(H2,10,12)(H,11,13). The monoisotopic (exact) mass is 248 g/mol. The Morgan fingerprint density at radius 1 is 1.38 bits per heavy atom. The van der Waals surface area contributed by atoms with E-state index in [1.54, 1.807) is 6.92 Å². The van der Waals surface area contributed by atoms with E-state index in [1.165, 1.54) is 11.8 Å². The Labute approximate surface area is 98.3 Å². The molecule has 6 nitrogen and oxygen atoms in total. The molecule has 0 rings (SSSR count). The number of nitrogens with one attached hydrogen (secondary N) is 1. The van der Waals surface area contributed by atoms with Gasteiger partial charge in [-0.15, -0.1) is 0 Å². The highest BCUT2D eigenvalue weighted by Gasteiger charge is 2.05. The van der Waals surface area contributed by atoms with Crippen LogP contribution in [0.2, 0.25) is 0 Å². The van der Waals surface area contributed by atoms with Crippen molar-refractivity contribution in [2.45, 2.75) is 13.3 Å². The first kappa shape index (κ1) is 14.8. The summed E-state index contributed by atoms with van der Waals surface area (Å²) in [5.74, 6) is -0.412. The van der Waals surface area contributed by atoms with Crippen molar-refractivity contribution in [1.82, 2.24) is 5.32 Å². The molecule has 0 aromatic rings. The van der Waals surface area contributed by atoms with E-state index in [-0.39, 0.29) is 24.6 Å². The number of nitrogens with two attached hydrogens (primary N) is 1. The van der Waals surface area contributed by atoms with Crippen molar-refractivity contribution in [2.24, 2.45) is 5.73 Å². The van der Waals surface area contributed by atoms with E-state index in [4.69, 9.17) is 5.73 Å². The van der Waals surface area contributed by atoms with Gasteiger partial charge in [-0.25, -0.2) is 0 Å². The number of thioether (sulfide) groups is 1. The molecular weight excluding hydrogens is 232 g/mol. The van der Waals surface area contributed by atoms with Crippen LogP contribution in [0.3, 0.4) is 0 Å². The molecule has 0 bridgehead atoms. The quantitative estimate of drug-likeness (QED) is 0.436. The Balaban J connectivity index is 3.44. The van der Waals surface area contributed by atoms with Gasteiger partial charge in [0.25, 0.3) is 0 Å². The zero-order valence-corrected chi connectivity index (χ0v) is 9.97. The second-order valence-corrected chi connectivity index (χ2v) is 3.96. The third-order valence-electron chi connectivity index (χ3n) is 1.45. The van der Waals surface area contributed by atoms with Gasteiger partial charge >= 0.3 is 5.97 Å². The van der Waals surface area contributed by atoms with Crippen LogP contribution in [0.25, 0.3) is 0 Å². The molecule has 0 fully saturated rings. The molecular formula is C9H16N2O4S. The molecule has 0 aromatic carbocycles. The molecule has 16 heavy (non-hydrogen) atoms. The summed E-state index contributed by atoms with van der Waals surface area (Å²) in [5, 5.41) is 2.41. The summed E-state index contributed by atoms with van der Waals surface area (Å²) in [7, 11) is 0. The first-order chi connectivity index (χ1) is 7.56. The second kappa shape index (κ2) is 9.02. The van der Waals surface area contributed by atoms with Gasteiger partial charge < -0.3 is 15.8 Å². The number of hydrogen-bond donors (Lipinski definition) is 2. The molecule has 92 valence electrons. The summed E-state index contributed by atoms with van der Waals surface area (Å²) in [5.41, 5.74) is 4.92. The first-order valence-electron chi connectivity index (χ1n) is 4.84. The first-order valence-corrected chi connectivity index (χ1v) is 6.00. The van der Waals surface area contributed by atoms with Crippen LogP contribution in [0, 0.1) is 0 Å². The lowest BCUT2D eigenvalue weighted by molar-refractivity contribution is -0.143. The number of carbonyl (C=O) groups excluding carboxylic acids is 3. The van der Waals surface area contributed by atoms with Gasteiger partial charge in [-0.3, -0.25) is 14.4 Å². The molecule has 0 unspecified atom stereocenters. The summed E-state index contributed by atoms with van der Waals surface area (Å²) < 4.78 is 4.63. The maximum Gasteiger partial charge on any atom is 0.325 e. The molecule has 0 atom stereocenters. The molecule has 0 aliphatic heterocycles. The van der Waals surface area contributed by atoms with Gasteiger partial charge in [0.05, 0.1) is 12.4 Å². The fourth-order valence-electron chi connectivity index (χ4n) is 0.809. The Morgan fingerprint density at radius 3 is 2.62 bits per heavy atom. The van der Waals surface area contributed by atoms with Gasteiger partial charge in [-0.2, -0.15) is 11.8 Å². The number of rotatable bonds is 8. The average Bonchev–Trinajstić information content (AvgIpc) is 2.22. The largest absolute Gasteiger partial charge is 0.465 e. The van der Waals surface area contributed by atoms with Crippen LogP contribution in [0.15, 0.2) is 0 Å². The number of ether oxygens (including phenoxy) is 1. The third-order valence-corrected chi connectivity index (χ3v) is 2.43. The Hall–Kier alpha value is -1.24. The lowest BCUT2D eigenvalue weighted by Gasteiger charge is -2.04. The SMILES string of the molecule is CCOC(=O)CNC(=O)CCSCC(N)=O. The highest BCUT2D eigenvalue weighted by atomic mass is 32.2. The summed E-state index contributed by atoms with van der Waals surface area (Å²) >= 11 is 1.28. The Morgan fingerprint density at radius 2 is 2.06 bits per heavy atom. The van der Waals surface area contributed by atoms with Crippen molar-refractivity contribution in [3.63, 3.8) is 0 Å². The highest BCUT2D eigenvalue weighted by Crippen LogP contribution is 2.00. The minimum Gasteiger partial charge on any atom is -0.465 e. The van der Waals surface area contributed by atoms with Gasteiger partial charge in [0.1, 0.15) is 6.54 Å². The summed E-state index contributed by atoms with van der Waals surface area (Å²) in [4.78, 5) is 32.4. The Bertz CT molecular complexity index is 258. The van der Waals surface area contributed by atoms with Crippen molar-refractivity contribution in [1.29, 1.82) is 0 Å². The lowest BCUT2D eigenvalue weighted by atomic mass is 10.4. The summed E-state index contributed by atoms with van der Waals surface area (Å²) in [6.07, 6.45) is 0.247. The summed E-state index contributed by atoms with van der Waals surface area (Å²) in [6.45, 7) is 1.87. The van der Waals surface area contributed by atoms with Crippen LogP contribution in [0.1, 0.15) is 13.3 Å². The van der Waals surface area contributed by atoms with Crippen LogP contribution in [0.4, 0.5) is 0 Å². The van der Waals surface area contributed by atoms with E-state index in [0.29, 0.717) is 12.4 Å². The van der Waals surface area contributed by atoms with E-state index >= 15 is 0 Å². The van der Waals surface area contributed by atoms with Crippen LogP contribution >= 0.6 is 11.8 Å². The topological polar surface area (TPSA) is 98.5 Å². The molecule has 7 heteroatoms. The van der Waals surface area contributed by atoms with Crippen molar-refractivity contribution >= 4 is 29.5 Å². The molecule has 0 aliphatic carbocycles. The van der Waals surface area contributed by atoms with Crippen LogP contribution in [-0.2, 0) is 19.1 Å². The van der Waals surface area contributed by atoms with E-state index in [9.17, 15) is 14.4 Å². The molecule has 0 heterocycles. The predicted octanol–water partition coefficient (Wildman–Crippen LogP) is -0.726. The highest BCUT2D eigenvalue weighted by molar-refractivity contribution is 7.99. The maximum absolute atomic E-state index is 11.1. The van der Waals surface area contributed by atoms with Crippen molar-refractivity contribution in [3.8, 4) is 0 Å². The minimum absolute atomic E-state index is 0.118. The Kier molecular flexibility index (Phi) is 8.32. The zero-order valence-electron chi connectivity index (χ0n) is 9.15. The fraction of sp³-hybridized carbons (Fsp3) is 0.667. The van der Waals surface area contributed by atoms with Crippen molar-refractivity contribution in [3.05, 3.63) is 0 Å². The molecule has 0 spiro atoms. The summed E-state index contributed by atoms with van der Waals surface area (Å²) in [6, 6.07) is 0. The molecule has 0 aromatic heterocycles. The lowest BCUT2D eigenvalue weighted by Crippen LogP contribution is -2.30. The smallest absolute Gasteiger partial charge is 0.325 e. The average molecular weight is 248 g/mol. The second-order valence-electron chi connectivity index (χ2n) is 2.85. The van der Waals surface area contributed by atoms with Crippen LogP contribution in [-0.4, -0.2) is 42.4 Å². The number of carbonyl (C=O) groups is 3. The van der Waals surface area contributed by atoms with E-state index in [0.717, 1.165) is 0 Å². The van der Waals surface area contributed by atoms with Gasteiger partial charge in [0.15, 0.2) is 0 Å². The van der Waals surface area contributed by atoms with Crippen LogP contribution in [0.5, 0.6) is 0 Å². The molecule has 2 amide bonds. The van der Waals surface area contributed by atoms with E-state index in [1.807, 2.05) is 0 Å². The van der Waals surface area contributed by atoms with Gasteiger partial charge in [0, 0.05) is 12.2 Å². The third kappa shape index (κ3) is 9.32. The number of esters is 1. The zero-order chi connectivity index (χ0) is 12.4. The van der Waals surface area contributed by atoms with E-state index < -0.39 is 11.9 Å². The molecule has 0 saturated heterocycles. The van der Waals surface area contributed by atoms with Crippen LogP contribution < -0.4 is 11.1 Å². The maximum atomic E-state index is 11.1. The minimum atomic E-state index is -0.458. The van der Waals surface area contributed by atoms with Crippen molar-refractivity contribution in [2.75, 3.05) is 24.7 Å². The van der Waals surface area contributed by atoms with Gasteiger partial charge in [-0.1, -0.05) is 0 Å². The van der Waals surface area contributed by atoms with Crippen molar-refractivity contribution < 1.29 is 19.1 Å². The number of amides is 2. The number of hydrogen-bond acceptors (Lipinski definition) is 5. The van der Waals surface area contributed by atoms with Gasteiger partial charge in [0.2, 0.25) is 11.8 Å². The molecule has 3 N–H and O–H groups in total. The molecule has 0 saturated carbocycles.